The summed E-state index contributed by atoms with van der Waals surface area (Å²) in [5, 5.41) is 0. The van der Waals surface area contributed by atoms with Crippen molar-refractivity contribution in [3.63, 3.8) is 0 Å². The van der Waals surface area contributed by atoms with Gasteiger partial charge in [-0.1, -0.05) is 25.8 Å². The molecule has 9 heteroatoms. The van der Waals surface area contributed by atoms with Gasteiger partial charge in [0.15, 0.2) is 11.5 Å². The normalized spacial score (nSPS) is 11.6. The summed E-state index contributed by atoms with van der Waals surface area (Å²) in [6.07, 6.45) is 7.50. The van der Waals surface area contributed by atoms with Crippen LogP contribution in [0.3, 0.4) is 0 Å². The van der Waals surface area contributed by atoms with Gasteiger partial charge in [-0.25, -0.2) is 4.79 Å². The van der Waals surface area contributed by atoms with Crippen LogP contribution in [0.15, 0.2) is 24.3 Å². The van der Waals surface area contributed by atoms with E-state index in [2.05, 4.69) is 11.7 Å². The second-order valence-corrected chi connectivity index (χ2v) is 10.5. The Morgan fingerprint density at radius 1 is 0.886 bits per heavy atom. The molecule has 0 unspecified atom stereocenters. The number of carbonyl (C=O) groups excluding carboxylic acids is 2. The van der Waals surface area contributed by atoms with Crippen molar-refractivity contribution in [2.24, 2.45) is 0 Å². The van der Waals surface area contributed by atoms with Crippen molar-refractivity contribution in [3.05, 3.63) is 29.8 Å². The highest BCUT2D eigenvalue weighted by Crippen LogP contribution is 2.30. The van der Waals surface area contributed by atoms with E-state index < -0.39 is 14.8 Å². The van der Waals surface area contributed by atoms with Crippen LogP contribution >= 0.6 is 0 Å². The maximum absolute atomic E-state index is 12.5. The summed E-state index contributed by atoms with van der Waals surface area (Å²) in [5.41, 5.74) is 0.743. The van der Waals surface area contributed by atoms with E-state index >= 15 is 0 Å². The smallest absolute Gasteiger partial charge is 0.490 e. The van der Waals surface area contributed by atoms with Gasteiger partial charge in [-0.05, 0) is 63.8 Å². The largest absolute Gasteiger partial charge is 0.500 e. The van der Waals surface area contributed by atoms with E-state index in [0.717, 1.165) is 37.3 Å². The summed E-state index contributed by atoms with van der Waals surface area (Å²) in [4.78, 5) is 23.8. The third-order valence-electron chi connectivity index (χ3n) is 5.02. The summed E-state index contributed by atoms with van der Waals surface area (Å²) < 4.78 is 33.7. The number of esters is 2. The van der Waals surface area contributed by atoms with E-state index in [0.29, 0.717) is 50.8 Å². The van der Waals surface area contributed by atoms with Crippen LogP contribution in [0.25, 0.3) is 6.08 Å². The molecule has 0 bridgehead atoms. The van der Waals surface area contributed by atoms with Gasteiger partial charge < -0.3 is 27.5 Å². The Morgan fingerprint density at radius 3 is 2.17 bits per heavy atom. The Morgan fingerprint density at radius 2 is 1.57 bits per heavy atom. The first kappa shape index (κ1) is 30.8. The Hall–Kier alpha value is -2.20. The van der Waals surface area contributed by atoms with Gasteiger partial charge in [0.1, 0.15) is 0 Å². The van der Waals surface area contributed by atoms with Gasteiger partial charge in [-0.3, -0.25) is 4.79 Å². The molecule has 1 rings (SSSR count). The fourth-order valence-corrected chi connectivity index (χ4v) is 6.03. The van der Waals surface area contributed by atoms with Crippen LogP contribution in [0.2, 0.25) is 6.04 Å². The van der Waals surface area contributed by atoms with E-state index in [1.54, 1.807) is 24.3 Å². The lowest BCUT2D eigenvalue weighted by Gasteiger charge is -2.28. The van der Waals surface area contributed by atoms with Gasteiger partial charge in [-0.15, -0.1) is 0 Å². The van der Waals surface area contributed by atoms with Crippen molar-refractivity contribution < 1.29 is 37.1 Å². The number of hydrogen-bond acceptors (Lipinski definition) is 8. The molecule has 1 aromatic rings. The molecule has 0 aromatic heterocycles. The minimum Gasteiger partial charge on any atom is -0.490 e. The zero-order chi connectivity index (χ0) is 25.9. The molecule has 0 aliphatic heterocycles. The van der Waals surface area contributed by atoms with Crippen molar-refractivity contribution in [3.8, 4) is 11.5 Å². The summed E-state index contributed by atoms with van der Waals surface area (Å²) in [5.74, 6) is 0.0836. The zero-order valence-electron chi connectivity index (χ0n) is 21.9. The Bertz CT molecular complexity index is 764. The topological polar surface area (TPSA) is 89.5 Å². The molecule has 0 aliphatic carbocycles. The highest BCUT2D eigenvalue weighted by molar-refractivity contribution is 6.60. The lowest BCUT2D eigenvalue weighted by molar-refractivity contribution is -0.135. The fourth-order valence-electron chi connectivity index (χ4n) is 3.35. The van der Waals surface area contributed by atoms with Gasteiger partial charge in [-0.2, -0.15) is 0 Å². The monoisotopic (exact) mass is 510 g/mol. The number of ether oxygens (including phenoxy) is 3. The van der Waals surface area contributed by atoms with Crippen LogP contribution < -0.4 is 9.47 Å². The molecule has 35 heavy (non-hydrogen) atoms. The Kier molecular flexibility index (Phi) is 16.0. The molecule has 0 amide bonds. The van der Waals surface area contributed by atoms with E-state index in [1.165, 1.54) is 13.2 Å². The van der Waals surface area contributed by atoms with Gasteiger partial charge in [0.2, 0.25) is 0 Å². The van der Waals surface area contributed by atoms with Gasteiger partial charge in [0, 0.05) is 38.4 Å². The zero-order valence-corrected chi connectivity index (χ0v) is 22.9. The summed E-state index contributed by atoms with van der Waals surface area (Å²) in [6, 6.07) is 5.92. The molecule has 1 aromatic carbocycles. The first-order valence-corrected chi connectivity index (χ1v) is 14.5. The van der Waals surface area contributed by atoms with E-state index in [-0.39, 0.29) is 5.97 Å². The molecule has 0 atom stereocenters. The van der Waals surface area contributed by atoms with Gasteiger partial charge in [0.05, 0.1) is 13.7 Å². The molecule has 0 saturated heterocycles. The quantitative estimate of drug-likeness (QED) is 0.0785. The standard InChI is InChI=1S/C26H42O8Si/c1-6-10-19-30-24-21-22(16-18-25(27)29-5)15-17-23(24)34-26(28)14-12-11-13-20-35(31-7-2,32-8-3)33-9-4/h15-18,21H,6-14,19-20H2,1-5H3. The minimum atomic E-state index is -2.65. The summed E-state index contributed by atoms with van der Waals surface area (Å²) >= 11 is 0. The van der Waals surface area contributed by atoms with Crippen LogP contribution in [0, 0.1) is 0 Å². The first-order chi connectivity index (χ1) is 16.9. The molecule has 8 nitrogen and oxygen atoms in total. The number of hydrogen-bond donors (Lipinski definition) is 0. The molecule has 0 saturated carbocycles. The third kappa shape index (κ3) is 12.4. The second-order valence-electron chi connectivity index (χ2n) is 7.78. The van der Waals surface area contributed by atoms with Crippen LogP contribution in [-0.2, 0) is 27.6 Å². The minimum absolute atomic E-state index is 0.296. The molecule has 0 fully saturated rings. The predicted molar refractivity (Wildman–Crippen MR) is 137 cm³/mol. The molecule has 0 N–H and O–H groups in total. The molecule has 0 spiro atoms. The van der Waals surface area contributed by atoms with Gasteiger partial charge >= 0.3 is 20.7 Å². The summed E-state index contributed by atoms with van der Waals surface area (Å²) in [7, 11) is -1.32. The highest BCUT2D eigenvalue weighted by Gasteiger charge is 2.39. The van der Waals surface area contributed by atoms with Crippen LogP contribution in [-0.4, -0.2) is 54.3 Å². The van der Waals surface area contributed by atoms with E-state index in [9.17, 15) is 9.59 Å². The first-order valence-electron chi connectivity index (χ1n) is 12.6. The van der Waals surface area contributed by atoms with Crippen LogP contribution in [0.4, 0.5) is 0 Å². The molecule has 0 heterocycles. The Balaban J connectivity index is 2.65. The number of methoxy groups -OCH3 is 1. The van der Waals surface area contributed by atoms with Crippen molar-refractivity contribution in [1.82, 2.24) is 0 Å². The van der Waals surface area contributed by atoms with Crippen molar-refractivity contribution >= 4 is 26.8 Å². The van der Waals surface area contributed by atoms with Crippen molar-refractivity contribution in [1.29, 1.82) is 0 Å². The predicted octanol–water partition coefficient (Wildman–Crippen LogP) is 5.57. The van der Waals surface area contributed by atoms with Crippen molar-refractivity contribution in [2.45, 2.75) is 72.3 Å². The summed E-state index contributed by atoms with van der Waals surface area (Å²) in [6.45, 7) is 10.1. The average Bonchev–Trinajstić information content (AvgIpc) is 2.84. The molecule has 0 aliphatic rings. The van der Waals surface area contributed by atoms with Crippen LogP contribution in [0.1, 0.15) is 71.8 Å². The van der Waals surface area contributed by atoms with Crippen molar-refractivity contribution in [2.75, 3.05) is 33.5 Å². The van der Waals surface area contributed by atoms with Gasteiger partial charge in [0.25, 0.3) is 0 Å². The van der Waals surface area contributed by atoms with E-state index in [1.807, 2.05) is 20.8 Å². The highest BCUT2D eigenvalue weighted by atomic mass is 28.4. The maximum Gasteiger partial charge on any atom is 0.500 e. The number of benzene rings is 1. The van der Waals surface area contributed by atoms with Crippen LogP contribution in [0.5, 0.6) is 11.5 Å². The fraction of sp³-hybridized carbons (Fsp3) is 0.615. The second kappa shape index (κ2) is 18.1. The number of carbonyl (C=O) groups is 2. The average molecular weight is 511 g/mol. The third-order valence-corrected chi connectivity index (χ3v) is 8.17. The lowest BCUT2D eigenvalue weighted by atomic mass is 10.2. The molecular formula is C26H42O8Si. The molecule has 198 valence electrons. The number of rotatable bonds is 19. The number of unbranched alkanes of at least 4 members (excludes halogenated alkanes) is 3. The Labute approximate surface area is 211 Å². The molecule has 0 radical (unpaired) electrons. The SMILES string of the molecule is CCCCOc1cc(C=CC(=O)OC)ccc1OC(=O)CCCCC[Si](OCC)(OCC)OCC. The maximum atomic E-state index is 12.5. The molecular weight excluding hydrogens is 468 g/mol. The van der Waals surface area contributed by atoms with E-state index in [4.69, 9.17) is 22.8 Å². The lowest BCUT2D eigenvalue weighted by Crippen LogP contribution is -2.45.